The molecule has 2 heterocycles. The van der Waals surface area contributed by atoms with Crippen LogP contribution in [-0.2, 0) is 4.74 Å². The number of ether oxygens (including phenoxy) is 1. The first-order valence-electron chi connectivity index (χ1n) is 8.87. The molecule has 0 bridgehead atoms. The predicted octanol–water partition coefficient (Wildman–Crippen LogP) is 2.00. The standard InChI is InChI=1S/C17H30N6O.HI/c1-4-18-16(21-9-6-14-24-15(2)3)22-10-12-23(13-11-22)17-19-7-5-8-20-17;/h5,7-8,15H,4,6,9-14H2,1-3H3,(H,18,21);1H. The number of halogens is 1. The zero-order valence-electron chi connectivity index (χ0n) is 15.5. The minimum Gasteiger partial charge on any atom is -0.379 e. The first-order chi connectivity index (χ1) is 11.7. The van der Waals surface area contributed by atoms with Crippen molar-refractivity contribution in [2.75, 3.05) is 50.8 Å². The van der Waals surface area contributed by atoms with Gasteiger partial charge in [-0.15, -0.1) is 24.0 Å². The van der Waals surface area contributed by atoms with Crippen molar-refractivity contribution >= 4 is 35.9 Å². The Labute approximate surface area is 168 Å². The van der Waals surface area contributed by atoms with Crippen LogP contribution in [0.3, 0.4) is 0 Å². The van der Waals surface area contributed by atoms with Crippen LogP contribution in [0.4, 0.5) is 5.95 Å². The van der Waals surface area contributed by atoms with Crippen LogP contribution < -0.4 is 10.2 Å². The van der Waals surface area contributed by atoms with Gasteiger partial charge in [-0.25, -0.2) is 9.97 Å². The molecule has 0 aliphatic carbocycles. The third-order valence-corrected chi connectivity index (χ3v) is 3.76. The molecular weight excluding hydrogens is 431 g/mol. The van der Waals surface area contributed by atoms with E-state index in [9.17, 15) is 0 Å². The van der Waals surface area contributed by atoms with Crippen LogP contribution >= 0.6 is 24.0 Å². The summed E-state index contributed by atoms with van der Waals surface area (Å²) in [5.74, 6) is 1.81. The molecule has 0 atom stereocenters. The van der Waals surface area contributed by atoms with Gasteiger partial charge < -0.3 is 19.9 Å². The summed E-state index contributed by atoms with van der Waals surface area (Å²) in [5, 5.41) is 3.39. The molecule has 1 aliphatic heterocycles. The zero-order valence-corrected chi connectivity index (χ0v) is 17.8. The van der Waals surface area contributed by atoms with Gasteiger partial charge in [0, 0.05) is 58.3 Å². The zero-order chi connectivity index (χ0) is 17.2. The van der Waals surface area contributed by atoms with Crippen LogP contribution in [0.15, 0.2) is 23.5 Å². The Morgan fingerprint density at radius 2 is 1.92 bits per heavy atom. The van der Waals surface area contributed by atoms with E-state index >= 15 is 0 Å². The van der Waals surface area contributed by atoms with Gasteiger partial charge in [-0.1, -0.05) is 0 Å². The van der Waals surface area contributed by atoms with Crippen LogP contribution in [0.25, 0.3) is 0 Å². The fourth-order valence-corrected chi connectivity index (χ4v) is 2.57. The van der Waals surface area contributed by atoms with E-state index in [1.54, 1.807) is 12.4 Å². The average Bonchev–Trinajstić information content (AvgIpc) is 2.61. The Kier molecular flexibility index (Phi) is 10.7. The van der Waals surface area contributed by atoms with Crippen molar-refractivity contribution < 1.29 is 4.74 Å². The fourth-order valence-electron chi connectivity index (χ4n) is 2.57. The SMILES string of the molecule is CCNC(=NCCCOC(C)C)N1CCN(c2ncccn2)CC1.I. The van der Waals surface area contributed by atoms with Gasteiger partial charge in [0.15, 0.2) is 5.96 Å². The van der Waals surface area contributed by atoms with Gasteiger partial charge in [0.05, 0.1) is 6.10 Å². The lowest BCUT2D eigenvalue weighted by atomic mass is 10.3. The van der Waals surface area contributed by atoms with Crippen molar-refractivity contribution in [2.45, 2.75) is 33.3 Å². The van der Waals surface area contributed by atoms with Crippen molar-refractivity contribution in [3.8, 4) is 0 Å². The summed E-state index contributed by atoms with van der Waals surface area (Å²) in [7, 11) is 0. The summed E-state index contributed by atoms with van der Waals surface area (Å²) in [6.45, 7) is 12.3. The van der Waals surface area contributed by atoms with E-state index in [0.29, 0.717) is 0 Å². The van der Waals surface area contributed by atoms with Crippen LogP contribution in [-0.4, -0.2) is 72.8 Å². The minimum atomic E-state index is 0. The number of hydrogen-bond donors (Lipinski definition) is 1. The lowest BCUT2D eigenvalue weighted by molar-refractivity contribution is 0.0782. The summed E-state index contributed by atoms with van der Waals surface area (Å²) in [4.78, 5) is 17.9. The highest BCUT2D eigenvalue weighted by Crippen LogP contribution is 2.09. The summed E-state index contributed by atoms with van der Waals surface area (Å²) < 4.78 is 5.57. The number of hydrogen-bond acceptors (Lipinski definition) is 5. The van der Waals surface area contributed by atoms with E-state index in [1.807, 2.05) is 6.07 Å². The smallest absolute Gasteiger partial charge is 0.225 e. The number of anilines is 1. The molecule has 0 saturated carbocycles. The molecule has 1 fully saturated rings. The second-order valence-corrected chi connectivity index (χ2v) is 6.03. The Morgan fingerprint density at radius 3 is 2.52 bits per heavy atom. The van der Waals surface area contributed by atoms with E-state index in [0.717, 1.165) is 64.2 Å². The molecule has 0 amide bonds. The molecule has 1 aliphatic rings. The van der Waals surface area contributed by atoms with Gasteiger partial charge >= 0.3 is 0 Å². The van der Waals surface area contributed by atoms with Crippen molar-refractivity contribution in [3.63, 3.8) is 0 Å². The molecule has 2 rings (SSSR count). The molecule has 0 radical (unpaired) electrons. The Hall–Kier alpha value is -1.16. The lowest BCUT2D eigenvalue weighted by Crippen LogP contribution is -2.53. The van der Waals surface area contributed by atoms with Crippen LogP contribution in [0.2, 0.25) is 0 Å². The van der Waals surface area contributed by atoms with Gasteiger partial charge in [-0.05, 0) is 33.3 Å². The number of aliphatic imine (C=N–C) groups is 1. The third-order valence-electron chi connectivity index (χ3n) is 3.76. The largest absolute Gasteiger partial charge is 0.379 e. The molecule has 0 aromatic carbocycles. The molecule has 142 valence electrons. The summed E-state index contributed by atoms with van der Waals surface area (Å²) >= 11 is 0. The topological polar surface area (TPSA) is 65.9 Å². The number of nitrogens with zero attached hydrogens (tertiary/aromatic N) is 5. The molecule has 1 saturated heterocycles. The maximum absolute atomic E-state index is 5.57. The fraction of sp³-hybridized carbons (Fsp3) is 0.706. The molecule has 0 unspecified atom stereocenters. The quantitative estimate of drug-likeness (QED) is 0.290. The van der Waals surface area contributed by atoms with Crippen LogP contribution in [0, 0.1) is 0 Å². The Balaban J connectivity index is 0.00000312. The normalized spacial score (nSPS) is 15.3. The molecular formula is C17H31IN6O. The maximum Gasteiger partial charge on any atom is 0.225 e. The second-order valence-electron chi connectivity index (χ2n) is 6.03. The van der Waals surface area contributed by atoms with Crippen molar-refractivity contribution in [2.24, 2.45) is 4.99 Å². The first kappa shape index (κ1) is 21.9. The number of aromatic nitrogens is 2. The minimum absolute atomic E-state index is 0. The van der Waals surface area contributed by atoms with E-state index < -0.39 is 0 Å². The highest BCUT2D eigenvalue weighted by molar-refractivity contribution is 14.0. The van der Waals surface area contributed by atoms with Crippen molar-refractivity contribution in [1.82, 2.24) is 20.2 Å². The summed E-state index contributed by atoms with van der Waals surface area (Å²) in [6, 6.07) is 1.85. The van der Waals surface area contributed by atoms with Crippen molar-refractivity contribution in [1.29, 1.82) is 0 Å². The number of piperazine rings is 1. The highest BCUT2D eigenvalue weighted by atomic mass is 127. The molecule has 1 aromatic heterocycles. The van der Waals surface area contributed by atoms with Crippen molar-refractivity contribution in [3.05, 3.63) is 18.5 Å². The monoisotopic (exact) mass is 462 g/mol. The van der Waals surface area contributed by atoms with E-state index in [1.165, 1.54) is 0 Å². The van der Waals surface area contributed by atoms with Gasteiger partial charge in [0.1, 0.15) is 0 Å². The second kappa shape index (κ2) is 12.2. The summed E-state index contributed by atoms with van der Waals surface area (Å²) in [6.07, 6.45) is 4.82. The number of rotatable bonds is 7. The molecule has 1 N–H and O–H groups in total. The number of nitrogens with one attached hydrogen (secondary N) is 1. The van der Waals surface area contributed by atoms with Crippen LogP contribution in [0.1, 0.15) is 27.2 Å². The first-order valence-corrected chi connectivity index (χ1v) is 8.87. The Bertz CT molecular complexity index is 491. The summed E-state index contributed by atoms with van der Waals surface area (Å²) in [5.41, 5.74) is 0. The average molecular weight is 462 g/mol. The van der Waals surface area contributed by atoms with Gasteiger partial charge in [0.25, 0.3) is 0 Å². The molecule has 7 nitrogen and oxygen atoms in total. The number of guanidine groups is 1. The molecule has 25 heavy (non-hydrogen) atoms. The highest BCUT2D eigenvalue weighted by Gasteiger charge is 2.20. The Morgan fingerprint density at radius 1 is 1.24 bits per heavy atom. The molecule has 8 heteroatoms. The maximum atomic E-state index is 5.57. The van der Waals surface area contributed by atoms with Gasteiger partial charge in [0.2, 0.25) is 5.95 Å². The van der Waals surface area contributed by atoms with E-state index in [-0.39, 0.29) is 30.1 Å². The van der Waals surface area contributed by atoms with E-state index in [4.69, 9.17) is 9.73 Å². The third kappa shape index (κ3) is 7.72. The van der Waals surface area contributed by atoms with Gasteiger partial charge in [-0.2, -0.15) is 0 Å². The molecule has 1 aromatic rings. The van der Waals surface area contributed by atoms with Gasteiger partial charge in [-0.3, -0.25) is 4.99 Å². The molecule has 0 spiro atoms. The van der Waals surface area contributed by atoms with Crippen LogP contribution in [0.5, 0.6) is 0 Å². The predicted molar refractivity (Wildman–Crippen MR) is 113 cm³/mol. The van der Waals surface area contributed by atoms with E-state index in [2.05, 4.69) is 45.9 Å². The lowest BCUT2D eigenvalue weighted by Gasteiger charge is -2.36.